The normalized spacial score (nSPS) is 12.3. The maximum Gasteiger partial charge on any atom is 0.240 e. The molecule has 0 unspecified atom stereocenters. The number of nitrogens with two attached hydrogens (primary N) is 1. The van der Waals surface area contributed by atoms with Crippen LogP contribution < -0.4 is 10.5 Å². The van der Waals surface area contributed by atoms with Gasteiger partial charge in [0.25, 0.3) is 0 Å². The van der Waals surface area contributed by atoms with Crippen molar-refractivity contribution in [2.24, 2.45) is 5.73 Å². The van der Waals surface area contributed by atoms with E-state index in [4.69, 9.17) is 11.0 Å². The van der Waals surface area contributed by atoms with E-state index in [2.05, 4.69) is 4.72 Å². The fourth-order valence-electron chi connectivity index (χ4n) is 1.11. The lowest BCUT2D eigenvalue weighted by Gasteiger charge is -2.11. The summed E-state index contributed by atoms with van der Waals surface area (Å²) in [6.07, 6.45) is 0. The molecule has 17 heavy (non-hydrogen) atoms. The van der Waals surface area contributed by atoms with Crippen molar-refractivity contribution in [3.8, 4) is 6.07 Å². The van der Waals surface area contributed by atoms with E-state index in [0.717, 1.165) is 0 Å². The van der Waals surface area contributed by atoms with Gasteiger partial charge in [0.05, 0.1) is 16.5 Å². The first-order valence-electron chi connectivity index (χ1n) is 4.72. The van der Waals surface area contributed by atoms with Crippen LogP contribution in [0.5, 0.6) is 0 Å². The van der Waals surface area contributed by atoms with E-state index < -0.39 is 10.0 Å². The molecule has 1 rings (SSSR count). The first-order valence-corrected chi connectivity index (χ1v) is 6.20. The Labute approximate surface area is 107 Å². The molecule has 0 aliphatic rings. The summed E-state index contributed by atoms with van der Waals surface area (Å²) in [6, 6.07) is 7.39. The minimum absolute atomic E-state index is 0. The minimum atomic E-state index is -3.59. The molecular weight excluding hydrogens is 262 g/mol. The Morgan fingerprint density at radius 1 is 1.53 bits per heavy atom. The van der Waals surface area contributed by atoms with Crippen molar-refractivity contribution in [1.82, 2.24) is 4.72 Å². The molecule has 0 amide bonds. The molecule has 0 saturated carbocycles. The molecule has 0 aliphatic heterocycles. The lowest BCUT2D eigenvalue weighted by molar-refractivity contribution is 0.562. The highest BCUT2D eigenvalue weighted by Gasteiger charge is 2.16. The van der Waals surface area contributed by atoms with Gasteiger partial charge in [-0.1, -0.05) is 6.07 Å². The summed E-state index contributed by atoms with van der Waals surface area (Å²) < 4.78 is 26.0. The van der Waals surface area contributed by atoms with Crippen LogP contribution in [-0.2, 0) is 10.0 Å². The van der Waals surface area contributed by atoms with E-state index in [1.807, 2.05) is 6.07 Å². The van der Waals surface area contributed by atoms with Gasteiger partial charge in [0, 0.05) is 12.6 Å². The number of hydrogen-bond donors (Lipinski definition) is 2. The van der Waals surface area contributed by atoms with Gasteiger partial charge < -0.3 is 5.73 Å². The standard InChI is InChI=1S/C10H13N3O2S.ClH/c1-8(6-11)13-16(14,15)10-4-2-3-9(5-10)7-12;/h2-5,8,13H,6,11H2,1H3;1H/t8-;/m1./s1. The number of nitrogens with one attached hydrogen (secondary N) is 1. The highest BCUT2D eigenvalue weighted by atomic mass is 35.5. The molecule has 7 heteroatoms. The Kier molecular flexibility index (Phi) is 6.13. The van der Waals surface area contributed by atoms with Crippen LogP contribution in [0.2, 0.25) is 0 Å². The zero-order valence-corrected chi connectivity index (χ0v) is 10.9. The zero-order valence-electron chi connectivity index (χ0n) is 9.25. The van der Waals surface area contributed by atoms with E-state index in [1.54, 1.807) is 13.0 Å². The summed E-state index contributed by atoms with van der Waals surface area (Å²) in [4.78, 5) is 0.0758. The van der Waals surface area contributed by atoms with Crippen LogP contribution in [0.15, 0.2) is 29.2 Å². The number of nitrogens with zero attached hydrogens (tertiary/aromatic N) is 1. The molecule has 1 aromatic carbocycles. The summed E-state index contributed by atoms with van der Waals surface area (Å²) in [6.45, 7) is 1.89. The lowest BCUT2D eigenvalue weighted by atomic mass is 10.2. The first kappa shape index (κ1) is 15.9. The molecule has 3 N–H and O–H groups in total. The van der Waals surface area contributed by atoms with Crippen LogP contribution in [0.3, 0.4) is 0 Å². The Balaban J connectivity index is 0.00000256. The molecule has 0 radical (unpaired) electrons. The predicted molar refractivity (Wildman–Crippen MR) is 67.2 cm³/mol. The maximum atomic E-state index is 11.8. The van der Waals surface area contributed by atoms with Crippen LogP contribution in [0.1, 0.15) is 12.5 Å². The van der Waals surface area contributed by atoms with E-state index in [-0.39, 0.29) is 29.9 Å². The van der Waals surface area contributed by atoms with Crippen LogP contribution in [-0.4, -0.2) is 21.0 Å². The van der Waals surface area contributed by atoms with Gasteiger partial charge >= 0.3 is 0 Å². The van der Waals surface area contributed by atoms with E-state index in [1.165, 1.54) is 18.2 Å². The number of sulfonamides is 1. The van der Waals surface area contributed by atoms with Gasteiger partial charge in [-0.25, -0.2) is 13.1 Å². The van der Waals surface area contributed by atoms with Gasteiger partial charge in [-0.3, -0.25) is 0 Å². The van der Waals surface area contributed by atoms with Crippen molar-refractivity contribution in [2.75, 3.05) is 6.54 Å². The van der Waals surface area contributed by atoms with Gasteiger partial charge in [-0.2, -0.15) is 5.26 Å². The first-order chi connectivity index (χ1) is 7.49. The van der Waals surface area contributed by atoms with Gasteiger partial charge in [0.1, 0.15) is 0 Å². The van der Waals surface area contributed by atoms with Crippen molar-refractivity contribution in [3.05, 3.63) is 29.8 Å². The Bertz CT molecular complexity index is 511. The van der Waals surface area contributed by atoms with Gasteiger partial charge in [-0.05, 0) is 25.1 Å². The summed E-state index contributed by atoms with van der Waals surface area (Å²) >= 11 is 0. The third-order valence-corrected chi connectivity index (χ3v) is 3.57. The van der Waals surface area contributed by atoms with Gasteiger partial charge in [0.2, 0.25) is 10.0 Å². The highest BCUT2D eigenvalue weighted by molar-refractivity contribution is 7.89. The minimum Gasteiger partial charge on any atom is -0.329 e. The Morgan fingerprint density at radius 3 is 2.71 bits per heavy atom. The summed E-state index contributed by atoms with van der Waals surface area (Å²) in [5.74, 6) is 0. The number of hydrogen-bond acceptors (Lipinski definition) is 4. The summed E-state index contributed by atoms with van der Waals surface area (Å²) in [5, 5.41) is 8.67. The number of halogens is 1. The van der Waals surface area contributed by atoms with Crippen molar-refractivity contribution in [3.63, 3.8) is 0 Å². The average Bonchev–Trinajstić information content (AvgIpc) is 2.28. The third-order valence-electron chi connectivity index (χ3n) is 1.98. The van der Waals surface area contributed by atoms with E-state index in [9.17, 15) is 8.42 Å². The fraction of sp³-hybridized carbons (Fsp3) is 0.300. The molecule has 0 aliphatic carbocycles. The number of benzene rings is 1. The van der Waals surface area contributed by atoms with E-state index in [0.29, 0.717) is 5.56 Å². The Hall–Kier alpha value is -1.13. The third kappa shape index (κ3) is 4.32. The zero-order chi connectivity index (χ0) is 12.2. The largest absolute Gasteiger partial charge is 0.329 e. The molecule has 0 spiro atoms. The predicted octanol–water partition coefficient (Wildman–Crippen LogP) is 0.606. The molecule has 94 valence electrons. The second-order valence-electron chi connectivity index (χ2n) is 3.40. The molecule has 0 bridgehead atoms. The van der Waals surface area contributed by atoms with E-state index >= 15 is 0 Å². The molecule has 5 nitrogen and oxygen atoms in total. The lowest BCUT2D eigenvalue weighted by Crippen LogP contribution is -2.37. The second kappa shape index (κ2) is 6.57. The second-order valence-corrected chi connectivity index (χ2v) is 5.11. The highest BCUT2D eigenvalue weighted by Crippen LogP contribution is 2.11. The number of rotatable bonds is 4. The van der Waals surface area contributed by atoms with Gasteiger partial charge in [0.15, 0.2) is 0 Å². The summed E-state index contributed by atoms with van der Waals surface area (Å²) in [5.41, 5.74) is 5.64. The van der Waals surface area contributed by atoms with Crippen molar-refractivity contribution >= 4 is 22.4 Å². The van der Waals surface area contributed by atoms with Crippen LogP contribution in [0, 0.1) is 11.3 Å². The fourth-order valence-corrected chi connectivity index (χ4v) is 2.42. The molecule has 0 aromatic heterocycles. The SMILES string of the molecule is C[C@H](CN)NS(=O)(=O)c1cccc(C#N)c1.Cl. The molecule has 1 atom stereocenters. The van der Waals surface area contributed by atoms with Gasteiger partial charge in [-0.15, -0.1) is 12.4 Å². The smallest absolute Gasteiger partial charge is 0.240 e. The maximum absolute atomic E-state index is 11.8. The average molecular weight is 276 g/mol. The van der Waals surface area contributed by atoms with Crippen LogP contribution in [0.25, 0.3) is 0 Å². The quantitative estimate of drug-likeness (QED) is 0.841. The Morgan fingerprint density at radius 2 is 2.18 bits per heavy atom. The monoisotopic (exact) mass is 275 g/mol. The van der Waals surface area contributed by atoms with Crippen molar-refractivity contribution < 1.29 is 8.42 Å². The van der Waals surface area contributed by atoms with Crippen molar-refractivity contribution in [2.45, 2.75) is 17.9 Å². The number of nitriles is 1. The molecule has 0 heterocycles. The topological polar surface area (TPSA) is 96.0 Å². The van der Waals surface area contributed by atoms with Crippen LogP contribution >= 0.6 is 12.4 Å². The molecule has 1 aromatic rings. The van der Waals surface area contributed by atoms with Crippen LogP contribution in [0.4, 0.5) is 0 Å². The van der Waals surface area contributed by atoms with Crippen molar-refractivity contribution in [1.29, 1.82) is 5.26 Å². The summed E-state index contributed by atoms with van der Waals surface area (Å²) in [7, 11) is -3.59. The molecule has 0 fully saturated rings. The molecule has 0 saturated heterocycles. The molecular formula is C10H14ClN3O2S.